The number of rotatable bonds is 23. The van der Waals surface area contributed by atoms with Gasteiger partial charge in [0.05, 0.1) is 0 Å². The summed E-state index contributed by atoms with van der Waals surface area (Å²) in [7, 11) is 0. The van der Waals surface area contributed by atoms with Crippen LogP contribution in [0.5, 0.6) is 0 Å². The van der Waals surface area contributed by atoms with Gasteiger partial charge >= 0.3 is 65.1 Å². The predicted octanol–water partition coefficient (Wildman–Crippen LogP) is -2.81. The third kappa shape index (κ3) is 15.7. The van der Waals surface area contributed by atoms with Crippen molar-refractivity contribution in [1.29, 1.82) is 0 Å². The first-order valence-corrected chi connectivity index (χ1v) is 23.7. The molecule has 8 atom stereocenters. The third-order valence-corrected chi connectivity index (χ3v) is 13.0. The Hall–Kier alpha value is -4.55. The summed E-state index contributed by atoms with van der Waals surface area (Å²) in [5.41, 5.74) is 5.23. The Morgan fingerprint density at radius 3 is 1.70 bits per heavy atom. The van der Waals surface area contributed by atoms with E-state index >= 15 is 0 Å². The summed E-state index contributed by atoms with van der Waals surface area (Å²) >= 11 is 0. The summed E-state index contributed by atoms with van der Waals surface area (Å²) in [6.07, 6.45) is 3.74. The van der Waals surface area contributed by atoms with Crippen LogP contribution >= 0.6 is 0 Å². The average Bonchev–Trinajstić information content (AvgIpc) is 3.64. The standard InChI is InChI=1S/C52H68N7O9.2Na/c1-8-30(5)44(49(64)57-42(52(67)68)27-35-28-53-39-21-15-14-18-36(35)39)59-50(65)45(31(6)9-2)58-47(62)40(24-25-60)55-48(63)41(26-29(3)4)56-51(66)46(54-32(7)61)43-37-19-12-10-16-33(37)22-23-34-17-11-13-20-38(34)43;;/h10-21,28-31,40-46,53H,8-9,22-27H2,1-7H3,(H,54,61)(H,55,63)(H,56,66)(H,57,64)(H,58,62)(H,59,65)(H,67,68);;/q-1;2*+1/p-1/t30-,31-,40-,41-,42-,44-,45-,46+;;/m0../s1. The van der Waals surface area contributed by atoms with Gasteiger partial charge in [-0.2, -0.15) is 0 Å². The molecule has 0 radical (unpaired) electrons. The monoisotopic (exact) mass is 979 g/mol. The number of carbonyl (C=O) groups excluding carboxylic acids is 5. The molecule has 0 saturated carbocycles. The molecular formula is C52H67N7Na2O9. The number of fused-ring (bicyclic) bond motifs is 3. The third-order valence-electron chi connectivity index (χ3n) is 13.0. The SMILES string of the molecule is CC[C@H](C)[C@H](NC(=O)[C@H](CC[O-])NC(=O)[C@H](CC(C)C)NC(=O)[C@H](N=C(C)[O-])C1c2ccccc2CCc2ccccc21)C(=O)N[C@H](C(=O)N[C@@H](Cc1c[nH]c2ccccc12)C(=O)O)[C@@H](C)CC.[Na+].[Na+]. The first kappa shape index (κ1) is 59.8. The number of aryl methyl sites for hydroxylation is 2. The van der Waals surface area contributed by atoms with E-state index in [9.17, 15) is 44.1 Å². The van der Waals surface area contributed by atoms with E-state index in [1.165, 1.54) is 6.92 Å². The Kier molecular flexibility index (Phi) is 24.3. The van der Waals surface area contributed by atoms with Crippen molar-refractivity contribution in [2.24, 2.45) is 22.7 Å². The maximum absolute atomic E-state index is 14.5. The van der Waals surface area contributed by atoms with Crippen molar-refractivity contribution in [3.8, 4) is 0 Å². The first-order valence-electron chi connectivity index (χ1n) is 23.7. The van der Waals surface area contributed by atoms with Crippen molar-refractivity contribution < 1.29 is 103 Å². The number of amides is 5. The quantitative estimate of drug-likeness (QED) is 0.0230. The van der Waals surface area contributed by atoms with Crippen molar-refractivity contribution >= 4 is 52.3 Å². The number of benzene rings is 3. The predicted molar refractivity (Wildman–Crippen MR) is 256 cm³/mol. The van der Waals surface area contributed by atoms with E-state index in [0.717, 1.165) is 33.2 Å². The molecule has 4 aromatic rings. The van der Waals surface area contributed by atoms with E-state index in [1.54, 1.807) is 20.0 Å². The van der Waals surface area contributed by atoms with Crippen LogP contribution in [0.1, 0.15) is 108 Å². The first-order chi connectivity index (χ1) is 32.5. The molecule has 0 spiro atoms. The maximum Gasteiger partial charge on any atom is 1.00 e. The van der Waals surface area contributed by atoms with Gasteiger partial charge in [0, 0.05) is 29.4 Å². The Morgan fingerprint density at radius 1 is 0.686 bits per heavy atom. The van der Waals surface area contributed by atoms with Gasteiger partial charge in [-0.05, 0) is 90.1 Å². The molecule has 5 amide bonds. The van der Waals surface area contributed by atoms with Crippen LogP contribution in [0.25, 0.3) is 10.9 Å². The second kappa shape index (κ2) is 28.5. The van der Waals surface area contributed by atoms with E-state index in [-0.39, 0.29) is 84.3 Å². The summed E-state index contributed by atoms with van der Waals surface area (Å²) in [5.74, 6) is -7.21. The zero-order valence-electron chi connectivity index (χ0n) is 42.1. The fourth-order valence-electron chi connectivity index (χ4n) is 8.89. The molecule has 366 valence electrons. The molecule has 16 nitrogen and oxygen atoms in total. The molecule has 3 aromatic carbocycles. The second-order valence-electron chi connectivity index (χ2n) is 18.4. The van der Waals surface area contributed by atoms with Gasteiger partial charge in [-0.25, -0.2) is 4.79 Å². The molecule has 1 aliphatic rings. The fraction of sp³-hybridized carbons (Fsp3) is 0.481. The van der Waals surface area contributed by atoms with Gasteiger partial charge in [-0.1, -0.05) is 121 Å². The average molecular weight is 980 g/mol. The number of aliphatic imine (C=N–C) groups is 1. The number of aromatic nitrogens is 1. The fourth-order valence-corrected chi connectivity index (χ4v) is 8.89. The Balaban J connectivity index is 0.00000648. The van der Waals surface area contributed by atoms with Gasteiger partial charge in [0.25, 0.3) is 0 Å². The van der Waals surface area contributed by atoms with Crippen LogP contribution in [-0.4, -0.2) is 94.4 Å². The smallest absolute Gasteiger partial charge is 0.862 e. The van der Waals surface area contributed by atoms with Gasteiger partial charge in [-0.3, -0.25) is 29.0 Å². The van der Waals surface area contributed by atoms with Gasteiger partial charge < -0.3 is 46.9 Å². The molecule has 1 aromatic heterocycles. The number of aromatic amines is 1. The minimum absolute atomic E-state index is 0. The number of hydrogen-bond donors (Lipinski definition) is 7. The minimum atomic E-state index is -1.42. The number of H-pyrrole nitrogens is 1. The van der Waals surface area contributed by atoms with Crippen LogP contribution in [0.4, 0.5) is 0 Å². The van der Waals surface area contributed by atoms with Crippen molar-refractivity contribution in [2.45, 2.75) is 136 Å². The Labute approximate surface area is 455 Å². The van der Waals surface area contributed by atoms with Crippen molar-refractivity contribution in [3.05, 3.63) is 107 Å². The molecule has 1 heterocycles. The molecule has 5 rings (SSSR count). The van der Waals surface area contributed by atoms with Crippen molar-refractivity contribution in [3.63, 3.8) is 0 Å². The van der Waals surface area contributed by atoms with E-state index in [1.807, 2.05) is 100 Å². The van der Waals surface area contributed by atoms with E-state index in [0.29, 0.717) is 31.2 Å². The molecule has 18 heteroatoms. The molecule has 0 saturated heterocycles. The van der Waals surface area contributed by atoms with E-state index < -0.39 is 102 Å². The van der Waals surface area contributed by atoms with Crippen LogP contribution in [-0.2, 0) is 48.0 Å². The number of carboxylic acid groups (broad SMARTS) is 1. The number of nitrogens with one attached hydrogen (secondary N) is 6. The summed E-state index contributed by atoms with van der Waals surface area (Å²) < 4.78 is 0. The zero-order chi connectivity index (χ0) is 49.7. The van der Waals surface area contributed by atoms with Crippen LogP contribution in [0.2, 0.25) is 0 Å². The molecule has 0 unspecified atom stereocenters. The zero-order valence-corrected chi connectivity index (χ0v) is 46.1. The topological polar surface area (TPSA) is 257 Å². The molecule has 0 fully saturated rings. The number of nitrogens with zero attached hydrogens (tertiary/aromatic N) is 1. The second-order valence-corrected chi connectivity index (χ2v) is 18.4. The molecule has 0 aliphatic heterocycles. The van der Waals surface area contributed by atoms with E-state index in [2.05, 4.69) is 36.6 Å². The number of carbonyl (C=O) groups is 6. The number of carboxylic acids is 1. The largest absolute Gasteiger partial charge is 1.00 e. The molecule has 1 aliphatic carbocycles. The Bertz CT molecular complexity index is 2390. The normalized spacial score (nSPS) is 15.9. The summed E-state index contributed by atoms with van der Waals surface area (Å²) in [6, 6.07) is 15.2. The summed E-state index contributed by atoms with van der Waals surface area (Å²) in [4.78, 5) is 90.9. The summed E-state index contributed by atoms with van der Waals surface area (Å²) in [5, 5.41) is 49.5. The molecule has 0 bridgehead atoms. The molecular weight excluding hydrogens is 913 g/mol. The minimum Gasteiger partial charge on any atom is -0.862 e. The van der Waals surface area contributed by atoms with Gasteiger partial charge in [0.2, 0.25) is 29.5 Å². The van der Waals surface area contributed by atoms with Gasteiger partial charge in [-0.15, -0.1) is 6.61 Å². The number of hydrogen-bond acceptors (Lipinski definition) is 9. The van der Waals surface area contributed by atoms with Crippen LogP contribution in [0.15, 0.2) is 84.0 Å². The van der Waals surface area contributed by atoms with Crippen LogP contribution < -0.4 is 95.9 Å². The van der Waals surface area contributed by atoms with Crippen molar-refractivity contribution in [2.75, 3.05) is 6.61 Å². The molecule has 70 heavy (non-hydrogen) atoms. The van der Waals surface area contributed by atoms with Crippen LogP contribution in [0, 0.1) is 17.8 Å². The maximum atomic E-state index is 14.5. The van der Waals surface area contributed by atoms with Crippen LogP contribution in [0.3, 0.4) is 0 Å². The molecule has 7 N–H and O–H groups in total. The van der Waals surface area contributed by atoms with Gasteiger partial charge in [0.15, 0.2) is 0 Å². The Morgan fingerprint density at radius 2 is 1.17 bits per heavy atom. The van der Waals surface area contributed by atoms with E-state index in [4.69, 9.17) is 0 Å². The van der Waals surface area contributed by atoms with Gasteiger partial charge in [0.1, 0.15) is 36.3 Å². The number of para-hydroxylation sites is 1. The summed E-state index contributed by atoms with van der Waals surface area (Å²) in [6.45, 7) is 11.3. The number of aliphatic carboxylic acids is 1. The van der Waals surface area contributed by atoms with Crippen molar-refractivity contribution in [1.82, 2.24) is 31.6 Å².